The highest BCUT2D eigenvalue weighted by Gasteiger charge is 2.21. The molecule has 25 heavy (non-hydrogen) atoms. The Labute approximate surface area is 147 Å². The first-order valence-corrected chi connectivity index (χ1v) is 8.96. The summed E-state index contributed by atoms with van der Waals surface area (Å²) in [5.74, 6) is 0.597. The van der Waals surface area contributed by atoms with Crippen molar-refractivity contribution in [3.8, 4) is 0 Å². The van der Waals surface area contributed by atoms with Crippen molar-refractivity contribution >= 4 is 17.4 Å². The molecule has 1 saturated carbocycles. The minimum Gasteiger partial charge on any atom is -0.383 e. The van der Waals surface area contributed by atoms with Crippen molar-refractivity contribution in [2.75, 3.05) is 17.2 Å². The molecule has 0 saturated heterocycles. The minimum absolute atomic E-state index is 0.0872. The van der Waals surface area contributed by atoms with Crippen LogP contribution >= 0.6 is 0 Å². The van der Waals surface area contributed by atoms with Crippen LogP contribution in [0.5, 0.6) is 0 Å². The number of nitrogens with zero attached hydrogens (tertiary/aromatic N) is 1. The van der Waals surface area contributed by atoms with Gasteiger partial charge in [0.05, 0.1) is 11.9 Å². The summed E-state index contributed by atoms with van der Waals surface area (Å²) in [5, 5.41) is 6.20. The number of pyridine rings is 1. The van der Waals surface area contributed by atoms with Gasteiger partial charge in [-0.3, -0.25) is 4.79 Å². The van der Waals surface area contributed by atoms with Crippen LogP contribution in [-0.4, -0.2) is 17.4 Å². The van der Waals surface area contributed by atoms with Gasteiger partial charge in [-0.25, -0.2) is 9.37 Å². The van der Waals surface area contributed by atoms with Crippen LogP contribution in [-0.2, 0) is 11.2 Å². The normalized spacial score (nSPS) is 14.9. The summed E-state index contributed by atoms with van der Waals surface area (Å²) in [6, 6.07) is 10.3. The van der Waals surface area contributed by atoms with E-state index in [1.54, 1.807) is 18.3 Å². The van der Waals surface area contributed by atoms with Gasteiger partial charge in [-0.05, 0) is 49.1 Å². The molecule has 1 amide bonds. The lowest BCUT2D eigenvalue weighted by Crippen LogP contribution is -2.25. The summed E-state index contributed by atoms with van der Waals surface area (Å²) in [6.45, 7) is 0.737. The average molecular weight is 341 g/mol. The molecule has 2 aromatic rings. The molecule has 1 fully saturated rings. The zero-order chi connectivity index (χ0) is 17.5. The molecule has 3 rings (SSSR count). The van der Waals surface area contributed by atoms with Crippen molar-refractivity contribution < 1.29 is 9.18 Å². The van der Waals surface area contributed by atoms with Gasteiger partial charge in [0.1, 0.15) is 11.6 Å². The van der Waals surface area contributed by atoms with Crippen LogP contribution in [0.1, 0.15) is 37.7 Å². The number of hydrogen-bond acceptors (Lipinski definition) is 3. The van der Waals surface area contributed by atoms with Crippen LogP contribution in [0.2, 0.25) is 0 Å². The van der Waals surface area contributed by atoms with Crippen LogP contribution in [0.4, 0.5) is 15.9 Å². The number of carbonyl (C=O) groups is 1. The molecule has 1 aliphatic rings. The van der Waals surface area contributed by atoms with Gasteiger partial charge in [0.25, 0.3) is 0 Å². The molecule has 0 bridgehead atoms. The van der Waals surface area contributed by atoms with Crippen LogP contribution in [0, 0.1) is 11.7 Å². The highest BCUT2D eigenvalue weighted by molar-refractivity contribution is 5.91. The lowest BCUT2D eigenvalue weighted by Gasteiger charge is -2.20. The summed E-state index contributed by atoms with van der Waals surface area (Å²) in [4.78, 5) is 16.5. The van der Waals surface area contributed by atoms with Gasteiger partial charge in [-0.1, -0.05) is 31.4 Å². The van der Waals surface area contributed by atoms with E-state index in [2.05, 4.69) is 15.6 Å². The Morgan fingerprint density at radius 2 is 1.84 bits per heavy atom. The highest BCUT2D eigenvalue weighted by Crippen LogP contribution is 2.24. The number of hydrogen-bond donors (Lipinski definition) is 2. The van der Waals surface area contributed by atoms with E-state index in [0.717, 1.165) is 49.9 Å². The fraction of sp³-hybridized carbons (Fsp3) is 0.400. The number of carbonyl (C=O) groups excluding carboxylic acids is 1. The third-order valence-corrected chi connectivity index (χ3v) is 4.65. The maximum absolute atomic E-state index is 12.9. The monoisotopic (exact) mass is 341 g/mol. The predicted molar refractivity (Wildman–Crippen MR) is 98.0 cm³/mol. The number of benzene rings is 1. The van der Waals surface area contributed by atoms with E-state index < -0.39 is 0 Å². The largest absolute Gasteiger partial charge is 0.383 e. The fourth-order valence-corrected chi connectivity index (χ4v) is 3.17. The lowest BCUT2D eigenvalue weighted by atomic mass is 9.89. The molecule has 2 N–H and O–H groups in total. The van der Waals surface area contributed by atoms with Crippen LogP contribution in [0.3, 0.4) is 0 Å². The second-order valence-electron chi connectivity index (χ2n) is 6.56. The summed E-state index contributed by atoms with van der Waals surface area (Å²) >= 11 is 0. The van der Waals surface area contributed by atoms with E-state index in [0.29, 0.717) is 5.82 Å². The molecule has 5 heteroatoms. The molecule has 132 valence electrons. The van der Waals surface area contributed by atoms with Crippen molar-refractivity contribution in [3.63, 3.8) is 0 Å². The molecule has 1 aromatic heterocycles. The van der Waals surface area contributed by atoms with Crippen molar-refractivity contribution in [3.05, 3.63) is 54.0 Å². The quantitative estimate of drug-likeness (QED) is 0.819. The summed E-state index contributed by atoms with van der Waals surface area (Å²) in [5.41, 5.74) is 1.98. The Morgan fingerprint density at radius 3 is 2.52 bits per heavy atom. The van der Waals surface area contributed by atoms with Crippen molar-refractivity contribution in [2.24, 2.45) is 5.92 Å². The Bertz CT molecular complexity index is 679. The highest BCUT2D eigenvalue weighted by atomic mass is 19.1. The van der Waals surface area contributed by atoms with Gasteiger partial charge in [0.15, 0.2) is 0 Å². The maximum Gasteiger partial charge on any atom is 0.228 e. The van der Waals surface area contributed by atoms with Gasteiger partial charge >= 0.3 is 0 Å². The molecule has 0 aliphatic heterocycles. The summed E-state index contributed by atoms with van der Waals surface area (Å²) in [6.07, 6.45) is 8.01. The lowest BCUT2D eigenvalue weighted by molar-refractivity contribution is -0.120. The Kier molecular flexibility index (Phi) is 5.99. The number of rotatable bonds is 6. The number of nitrogens with one attached hydrogen (secondary N) is 2. The molecule has 1 aliphatic carbocycles. The number of aromatic nitrogens is 1. The topological polar surface area (TPSA) is 54.0 Å². The third-order valence-electron chi connectivity index (χ3n) is 4.65. The smallest absolute Gasteiger partial charge is 0.228 e. The SMILES string of the molecule is O=C(Nc1ccc(NCCc2ccc(F)cc2)cn1)C1CCCCC1. The standard InChI is InChI=1S/C20H24FN3O/c21-17-8-6-15(7-9-17)12-13-22-18-10-11-19(23-14-18)24-20(25)16-4-2-1-3-5-16/h6-11,14,16,22H,1-5,12-13H2,(H,23,24,25). The van der Waals surface area contributed by atoms with E-state index in [1.807, 2.05) is 12.1 Å². The molecule has 0 radical (unpaired) electrons. The predicted octanol–water partition coefficient (Wildman–Crippen LogP) is 4.39. The summed E-state index contributed by atoms with van der Waals surface area (Å²) < 4.78 is 12.9. The molecule has 4 nitrogen and oxygen atoms in total. The molecule has 1 heterocycles. The van der Waals surface area contributed by atoms with Crippen LogP contribution in [0.25, 0.3) is 0 Å². The van der Waals surface area contributed by atoms with Gasteiger partial charge < -0.3 is 10.6 Å². The van der Waals surface area contributed by atoms with Gasteiger partial charge in [-0.2, -0.15) is 0 Å². The minimum atomic E-state index is -0.216. The fourth-order valence-electron chi connectivity index (χ4n) is 3.17. The van der Waals surface area contributed by atoms with Gasteiger partial charge in [-0.15, -0.1) is 0 Å². The average Bonchev–Trinajstić information content (AvgIpc) is 2.65. The van der Waals surface area contributed by atoms with E-state index in [4.69, 9.17) is 0 Å². The van der Waals surface area contributed by atoms with Crippen LogP contribution < -0.4 is 10.6 Å². The summed E-state index contributed by atoms with van der Waals surface area (Å²) in [7, 11) is 0. The molecular weight excluding hydrogens is 317 g/mol. The Morgan fingerprint density at radius 1 is 1.08 bits per heavy atom. The first-order valence-electron chi connectivity index (χ1n) is 8.96. The maximum atomic E-state index is 12.9. The zero-order valence-corrected chi connectivity index (χ0v) is 14.3. The van der Waals surface area contributed by atoms with Crippen molar-refractivity contribution in [1.29, 1.82) is 0 Å². The van der Waals surface area contributed by atoms with E-state index in [-0.39, 0.29) is 17.6 Å². The molecule has 1 aromatic carbocycles. The van der Waals surface area contributed by atoms with E-state index in [1.165, 1.54) is 18.6 Å². The van der Waals surface area contributed by atoms with Crippen LogP contribution in [0.15, 0.2) is 42.6 Å². The van der Waals surface area contributed by atoms with Gasteiger partial charge in [0.2, 0.25) is 5.91 Å². The van der Waals surface area contributed by atoms with Crippen molar-refractivity contribution in [2.45, 2.75) is 38.5 Å². The second-order valence-corrected chi connectivity index (χ2v) is 6.56. The Balaban J connectivity index is 1.45. The van der Waals surface area contributed by atoms with Crippen molar-refractivity contribution in [1.82, 2.24) is 4.98 Å². The first-order chi connectivity index (χ1) is 12.2. The molecule has 0 spiro atoms. The van der Waals surface area contributed by atoms with E-state index >= 15 is 0 Å². The molecule has 0 atom stereocenters. The third kappa shape index (κ3) is 5.28. The first kappa shape index (κ1) is 17.4. The molecule has 0 unspecified atom stereocenters. The van der Waals surface area contributed by atoms with Gasteiger partial charge in [0, 0.05) is 12.5 Å². The number of anilines is 2. The zero-order valence-electron chi connectivity index (χ0n) is 14.3. The number of amides is 1. The Hall–Kier alpha value is -2.43. The van der Waals surface area contributed by atoms with E-state index in [9.17, 15) is 9.18 Å². The molecular formula is C20H24FN3O. The number of halogens is 1. The second kappa shape index (κ2) is 8.60.